The van der Waals surface area contributed by atoms with Crippen LogP contribution in [0.5, 0.6) is 17.2 Å². The number of amides is 1. The highest BCUT2D eigenvalue weighted by atomic mass is 127. The monoisotopic (exact) mass is 707 g/mol. The van der Waals surface area contributed by atoms with E-state index in [1.165, 1.54) is 11.3 Å². The second-order valence-corrected chi connectivity index (χ2v) is 11.7. The lowest BCUT2D eigenvalue weighted by atomic mass is 9.95. The van der Waals surface area contributed by atoms with Crippen molar-refractivity contribution in [1.29, 1.82) is 0 Å². The number of anilines is 1. The standard InChI is InChI=1S/C33H30IN3O5S/c1-5-16-42-30-25(34)17-21(18-26(30)40-4)19-27-32(39)37-29(22-12-14-24(15-13-22)41-6-2)28(20(3)35-33(37)43-27)31(38)36-23-10-8-7-9-11-23/h5,7-15,17-19,29H,1,6,16H2,2-4H3,(H,36,38)/b27-19-/t29-/m0/s1. The molecular formula is C33H30IN3O5S. The summed E-state index contributed by atoms with van der Waals surface area (Å²) in [7, 11) is 1.57. The highest BCUT2D eigenvalue weighted by Gasteiger charge is 2.32. The van der Waals surface area contributed by atoms with Gasteiger partial charge in [0.25, 0.3) is 11.5 Å². The molecule has 0 saturated heterocycles. The summed E-state index contributed by atoms with van der Waals surface area (Å²) >= 11 is 3.46. The minimum absolute atomic E-state index is 0.249. The van der Waals surface area contributed by atoms with Crippen molar-refractivity contribution < 1.29 is 19.0 Å². The summed E-state index contributed by atoms with van der Waals surface area (Å²) in [5, 5.41) is 2.98. The fourth-order valence-corrected chi connectivity index (χ4v) is 6.64. The first kappa shape index (κ1) is 30.3. The van der Waals surface area contributed by atoms with E-state index in [1.54, 1.807) is 24.7 Å². The maximum atomic E-state index is 14.1. The predicted octanol–water partition coefficient (Wildman–Crippen LogP) is 5.45. The second kappa shape index (κ2) is 13.4. The van der Waals surface area contributed by atoms with Gasteiger partial charge in [0.15, 0.2) is 16.3 Å². The first-order valence-electron chi connectivity index (χ1n) is 13.6. The quantitative estimate of drug-likeness (QED) is 0.175. The topological polar surface area (TPSA) is 91.2 Å². The van der Waals surface area contributed by atoms with Crippen molar-refractivity contribution in [3.8, 4) is 17.2 Å². The second-order valence-electron chi connectivity index (χ2n) is 9.54. The maximum Gasteiger partial charge on any atom is 0.271 e. The first-order chi connectivity index (χ1) is 20.8. The van der Waals surface area contributed by atoms with Crippen molar-refractivity contribution in [3.05, 3.63) is 125 Å². The molecule has 43 heavy (non-hydrogen) atoms. The lowest BCUT2D eigenvalue weighted by molar-refractivity contribution is -0.113. The summed E-state index contributed by atoms with van der Waals surface area (Å²) in [4.78, 5) is 33.1. The van der Waals surface area contributed by atoms with Crippen LogP contribution in [0.1, 0.15) is 31.0 Å². The number of nitrogens with zero attached hydrogens (tertiary/aromatic N) is 2. The van der Waals surface area contributed by atoms with E-state index in [0.29, 0.717) is 56.8 Å². The molecule has 220 valence electrons. The van der Waals surface area contributed by atoms with Crippen molar-refractivity contribution >= 4 is 51.6 Å². The summed E-state index contributed by atoms with van der Waals surface area (Å²) in [6.07, 6.45) is 3.48. The highest BCUT2D eigenvalue weighted by molar-refractivity contribution is 14.1. The molecule has 1 aliphatic rings. The van der Waals surface area contributed by atoms with Crippen LogP contribution < -0.4 is 34.4 Å². The molecule has 2 heterocycles. The number of benzene rings is 3. The van der Waals surface area contributed by atoms with E-state index in [9.17, 15) is 9.59 Å². The molecule has 10 heteroatoms. The van der Waals surface area contributed by atoms with Gasteiger partial charge >= 0.3 is 0 Å². The van der Waals surface area contributed by atoms with Crippen LogP contribution in [0.4, 0.5) is 5.69 Å². The fourth-order valence-electron chi connectivity index (χ4n) is 4.82. The molecule has 1 N–H and O–H groups in total. The molecule has 0 saturated carbocycles. The Hall–Kier alpha value is -4.16. The van der Waals surface area contributed by atoms with Crippen LogP contribution >= 0.6 is 33.9 Å². The zero-order chi connectivity index (χ0) is 30.5. The van der Waals surface area contributed by atoms with E-state index in [-0.39, 0.29) is 11.5 Å². The molecule has 1 aliphatic heterocycles. The zero-order valence-corrected chi connectivity index (χ0v) is 26.9. The van der Waals surface area contributed by atoms with Gasteiger partial charge in [-0.05, 0) is 90.0 Å². The highest BCUT2D eigenvalue weighted by Crippen LogP contribution is 2.35. The summed E-state index contributed by atoms with van der Waals surface area (Å²) in [6, 6.07) is 19.7. The average molecular weight is 708 g/mol. The van der Waals surface area contributed by atoms with Gasteiger partial charge in [0.05, 0.1) is 39.1 Å². The molecule has 4 aromatic rings. The summed E-state index contributed by atoms with van der Waals surface area (Å²) in [5.41, 5.74) is 2.88. The Bertz CT molecular complexity index is 1880. The number of hydrogen-bond donors (Lipinski definition) is 1. The van der Waals surface area contributed by atoms with Gasteiger partial charge in [0.1, 0.15) is 12.4 Å². The lowest BCUT2D eigenvalue weighted by Gasteiger charge is -2.25. The van der Waals surface area contributed by atoms with Crippen LogP contribution in [0.15, 0.2) is 100 Å². The van der Waals surface area contributed by atoms with Crippen LogP contribution in [-0.4, -0.2) is 30.8 Å². The van der Waals surface area contributed by atoms with Crippen molar-refractivity contribution in [2.24, 2.45) is 4.99 Å². The maximum absolute atomic E-state index is 14.1. The van der Waals surface area contributed by atoms with E-state index in [4.69, 9.17) is 19.2 Å². The molecule has 1 amide bonds. The molecule has 8 nitrogen and oxygen atoms in total. The number of nitrogens with one attached hydrogen (secondary N) is 1. The Morgan fingerprint density at radius 1 is 1.14 bits per heavy atom. The third-order valence-electron chi connectivity index (χ3n) is 6.70. The van der Waals surface area contributed by atoms with Gasteiger partial charge in [-0.15, -0.1) is 0 Å². The van der Waals surface area contributed by atoms with Gasteiger partial charge in [-0.3, -0.25) is 14.2 Å². The van der Waals surface area contributed by atoms with Crippen molar-refractivity contribution in [2.75, 3.05) is 25.6 Å². The van der Waals surface area contributed by atoms with Gasteiger partial charge < -0.3 is 19.5 Å². The first-order valence-corrected chi connectivity index (χ1v) is 15.5. The Morgan fingerprint density at radius 2 is 1.88 bits per heavy atom. The number of rotatable bonds is 10. The number of ether oxygens (including phenoxy) is 3. The van der Waals surface area contributed by atoms with E-state index < -0.39 is 6.04 Å². The lowest BCUT2D eigenvalue weighted by Crippen LogP contribution is -2.40. The predicted molar refractivity (Wildman–Crippen MR) is 178 cm³/mol. The number of thiazole rings is 1. The Kier molecular flexibility index (Phi) is 9.46. The van der Waals surface area contributed by atoms with Gasteiger partial charge in [-0.25, -0.2) is 4.99 Å². The molecule has 0 unspecified atom stereocenters. The molecule has 0 aliphatic carbocycles. The van der Waals surface area contributed by atoms with Gasteiger partial charge in [0, 0.05) is 5.69 Å². The van der Waals surface area contributed by atoms with E-state index in [2.05, 4.69) is 34.5 Å². The SMILES string of the molecule is C=CCOc1c(I)cc(/C=c2\sc3n(c2=O)[C@@H](c2ccc(OCC)cc2)C(C(=O)Nc2ccccc2)=C(C)N=3)cc1OC. The number of hydrogen-bond acceptors (Lipinski definition) is 7. The Balaban J connectivity index is 1.64. The molecule has 1 aromatic heterocycles. The third kappa shape index (κ3) is 6.45. The minimum Gasteiger partial charge on any atom is -0.494 e. The summed E-state index contributed by atoms with van der Waals surface area (Å²) in [5.74, 6) is 1.55. The molecule has 0 bridgehead atoms. The normalized spacial score (nSPS) is 14.5. The third-order valence-corrected chi connectivity index (χ3v) is 8.48. The molecule has 3 aromatic carbocycles. The van der Waals surface area contributed by atoms with E-state index in [0.717, 1.165) is 14.7 Å². The number of fused-ring (bicyclic) bond motifs is 1. The van der Waals surface area contributed by atoms with E-state index >= 15 is 0 Å². The largest absolute Gasteiger partial charge is 0.494 e. The number of methoxy groups -OCH3 is 1. The molecule has 1 atom stereocenters. The molecular weight excluding hydrogens is 677 g/mol. The molecule has 5 rings (SSSR count). The van der Waals surface area contributed by atoms with Crippen LogP contribution in [0.25, 0.3) is 6.08 Å². The van der Waals surface area contributed by atoms with Gasteiger partial charge in [-0.1, -0.05) is 54.3 Å². The molecule has 0 spiro atoms. The van der Waals surface area contributed by atoms with Gasteiger partial charge in [-0.2, -0.15) is 0 Å². The zero-order valence-electron chi connectivity index (χ0n) is 23.9. The number of para-hydroxylation sites is 1. The number of carbonyl (C=O) groups excluding carboxylic acids is 1. The smallest absolute Gasteiger partial charge is 0.271 e. The fraction of sp³-hybridized carbons (Fsp3) is 0.182. The Morgan fingerprint density at radius 3 is 2.56 bits per heavy atom. The van der Waals surface area contributed by atoms with Crippen LogP contribution in [0.2, 0.25) is 0 Å². The summed E-state index contributed by atoms with van der Waals surface area (Å²) < 4.78 is 19.9. The minimum atomic E-state index is -0.692. The Labute approximate surface area is 266 Å². The van der Waals surface area contributed by atoms with Crippen molar-refractivity contribution in [1.82, 2.24) is 4.57 Å². The molecule has 0 fully saturated rings. The van der Waals surface area contributed by atoms with E-state index in [1.807, 2.05) is 79.7 Å². The van der Waals surface area contributed by atoms with Crippen molar-refractivity contribution in [2.45, 2.75) is 19.9 Å². The number of aromatic nitrogens is 1. The number of halogens is 1. The van der Waals surface area contributed by atoms with Crippen LogP contribution in [-0.2, 0) is 4.79 Å². The van der Waals surface area contributed by atoms with Crippen LogP contribution in [0.3, 0.4) is 0 Å². The van der Waals surface area contributed by atoms with Crippen LogP contribution in [0, 0.1) is 3.57 Å². The molecule has 0 radical (unpaired) electrons. The number of allylic oxidation sites excluding steroid dienone is 1. The van der Waals surface area contributed by atoms with Crippen molar-refractivity contribution in [3.63, 3.8) is 0 Å². The summed E-state index contributed by atoms with van der Waals surface area (Å²) in [6.45, 7) is 8.30. The van der Waals surface area contributed by atoms with Gasteiger partial charge in [0.2, 0.25) is 0 Å². The average Bonchev–Trinajstić information content (AvgIpc) is 3.30. The number of carbonyl (C=O) groups is 1.